The van der Waals surface area contributed by atoms with Gasteiger partial charge in [-0.1, -0.05) is 24.0 Å². The Bertz CT molecular complexity index is 326. The molecule has 0 aliphatic carbocycles. The number of nitrogens with zero attached hydrogens (tertiary/aromatic N) is 1. The first-order valence-corrected chi connectivity index (χ1v) is 7.54. The third kappa shape index (κ3) is 9.71. The minimum Gasteiger partial charge on any atom is -0.463 e. The van der Waals surface area contributed by atoms with Crippen LogP contribution in [0, 0.1) is 11.3 Å². The molecular weight excluding hydrogens is 290 g/mol. The highest BCUT2D eigenvalue weighted by molar-refractivity contribution is 8.47. The van der Waals surface area contributed by atoms with Crippen LogP contribution in [0.15, 0.2) is 0 Å². The molecule has 0 N–H and O–H groups in total. The van der Waals surface area contributed by atoms with Crippen molar-refractivity contribution >= 4 is 45.2 Å². The van der Waals surface area contributed by atoms with Crippen LogP contribution >= 0.6 is 35.7 Å². The largest absolute Gasteiger partial charge is 0.463 e. The van der Waals surface area contributed by atoms with Crippen molar-refractivity contribution in [3.63, 3.8) is 0 Å². The summed E-state index contributed by atoms with van der Waals surface area (Å²) in [5, 5.41) is 8.85. The number of thiocarbonyl (C=S) groups is 1. The number of ether oxygens (including phenoxy) is 2. The first-order chi connectivity index (χ1) is 8.41. The van der Waals surface area contributed by atoms with Gasteiger partial charge in [0.1, 0.15) is 14.9 Å². The van der Waals surface area contributed by atoms with E-state index in [1.807, 2.05) is 13.8 Å². The van der Waals surface area contributed by atoms with Crippen LogP contribution in [0.4, 0.5) is 0 Å². The number of carbonyl (C=O) groups is 1. The predicted octanol–water partition coefficient (Wildman–Crippen LogP) is 2.62. The summed E-state index contributed by atoms with van der Waals surface area (Å²) in [6.07, 6.45) is 0.308. The van der Waals surface area contributed by atoms with Crippen molar-refractivity contribution < 1.29 is 14.3 Å². The Labute approximate surface area is 122 Å². The van der Waals surface area contributed by atoms with E-state index < -0.39 is 4.75 Å². The lowest BCUT2D eigenvalue weighted by Crippen LogP contribution is -2.13. The fraction of sp³-hybridized carbons (Fsp3) is 0.727. The Balaban J connectivity index is 3.69. The van der Waals surface area contributed by atoms with Crippen LogP contribution in [0.3, 0.4) is 0 Å². The zero-order chi connectivity index (χ0) is 14.0. The Morgan fingerprint density at radius 3 is 2.67 bits per heavy atom. The lowest BCUT2D eigenvalue weighted by atomic mass is 10.2. The molecule has 0 atom stereocenters. The lowest BCUT2D eigenvalue weighted by Gasteiger charge is -2.14. The summed E-state index contributed by atoms with van der Waals surface area (Å²) in [7, 11) is 1.55. The van der Waals surface area contributed by atoms with Crippen molar-refractivity contribution in [2.24, 2.45) is 0 Å². The fourth-order valence-corrected chi connectivity index (χ4v) is 3.67. The highest BCUT2D eigenvalue weighted by atomic mass is 32.2. The Morgan fingerprint density at radius 1 is 1.44 bits per heavy atom. The van der Waals surface area contributed by atoms with E-state index in [1.54, 1.807) is 7.11 Å². The maximum absolute atomic E-state index is 11.2. The highest BCUT2D eigenvalue weighted by Crippen LogP contribution is 2.30. The zero-order valence-electron chi connectivity index (χ0n) is 10.7. The number of carbonyl (C=O) groups excluding carboxylic acids is 1. The third-order valence-corrected chi connectivity index (χ3v) is 4.30. The van der Waals surface area contributed by atoms with Crippen molar-refractivity contribution in [3.05, 3.63) is 0 Å². The van der Waals surface area contributed by atoms with Crippen molar-refractivity contribution in [2.75, 3.05) is 26.1 Å². The molecule has 4 nitrogen and oxygen atoms in total. The number of nitriles is 1. The van der Waals surface area contributed by atoms with Crippen LogP contribution in [-0.2, 0) is 14.3 Å². The standard InChI is InChI=1S/C11H17NO3S3/c1-11(2,8-12)18-10(16)17-7-4-9(13)15-6-5-14-3/h4-7H2,1-3H3. The van der Waals surface area contributed by atoms with Gasteiger partial charge in [-0.05, 0) is 13.8 Å². The average Bonchev–Trinajstić information content (AvgIpc) is 2.28. The maximum Gasteiger partial charge on any atom is 0.306 e. The van der Waals surface area contributed by atoms with Gasteiger partial charge in [-0.25, -0.2) is 0 Å². The Hall–Kier alpha value is -0.290. The molecule has 0 unspecified atom stereocenters. The van der Waals surface area contributed by atoms with Gasteiger partial charge in [0.25, 0.3) is 0 Å². The molecule has 0 heterocycles. The molecule has 0 bridgehead atoms. The molecule has 0 saturated heterocycles. The summed E-state index contributed by atoms with van der Waals surface area (Å²) in [6, 6.07) is 2.16. The van der Waals surface area contributed by atoms with Gasteiger partial charge in [0, 0.05) is 12.9 Å². The summed E-state index contributed by atoms with van der Waals surface area (Å²) in [5.74, 6) is 0.311. The lowest BCUT2D eigenvalue weighted by molar-refractivity contribution is -0.144. The molecule has 0 aromatic carbocycles. The second-order valence-electron chi connectivity index (χ2n) is 3.79. The molecule has 0 aliphatic heterocycles. The van der Waals surface area contributed by atoms with Crippen LogP contribution < -0.4 is 0 Å². The van der Waals surface area contributed by atoms with Crippen LogP contribution in [0.1, 0.15) is 20.3 Å². The molecule has 0 saturated carbocycles. The molecule has 0 amide bonds. The van der Waals surface area contributed by atoms with Crippen molar-refractivity contribution in [3.8, 4) is 6.07 Å². The van der Waals surface area contributed by atoms with Crippen LogP contribution in [-0.4, -0.2) is 40.3 Å². The molecule has 0 fully saturated rings. The van der Waals surface area contributed by atoms with E-state index in [0.717, 1.165) is 0 Å². The van der Waals surface area contributed by atoms with E-state index in [9.17, 15) is 4.79 Å². The number of methoxy groups -OCH3 is 1. The van der Waals surface area contributed by atoms with Crippen LogP contribution in [0.5, 0.6) is 0 Å². The van der Waals surface area contributed by atoms with Gasteiger partial charge in [0.05, 0.1) is 19.1 Å². The van der Waals surface area contributed by atoms with Crippen molar-refractivity contribution in [1.82, 2.24) is 0 Å². The van der Waals surface area contributed by atoms with E-state index in [2.05, 4.69) is 6.07 Å². The van der Waals surface area contributed by atoms with E-state index in [1.165, 1.54) is 23.5 Å². The maximum atomic E-state index is 11.2. The van der Waals surface area contributed by atoms with Gasteiger partial charge < -0.3 is 9.47 Å². The Morgan fingerprint density at radius 2 is 2.11 bits per heavy atom. The smallest absolute Gasteiger partial charge is 0.306 e. The molecular formula is C11H17NO3S3. The van der Waals surface area contributed by atoms with Gasteiger partial charge >= 0.3 is 5.97 Å². The SMILES string of the molecule is COCCOC(=O)CCSC(=S)SC(C)(C)C#N. The highest BCUT2D eigenvalue weighted by Gasteiger charge is 2.20. The quantitative estimate of drug-likeness (QED) is 0.407. The fourth-order valence-electron chi connectivity index (χ4n) is 0.789. The average molecular weight is 307 g/mol. The van der Waals surface area contributed by atoms with Gasteiger partial charge in [0.15, 0.2) is 0 Å². The second-order valence-corrected chi connectivity index (χ2v) is 7.71. The second kappa shape index (κ2) is 9.62. The van der Waals surface area contributed by atoms with Gasteiger partial charge in [-0.15, -0.1) is 11.8 Å². The molecule has 0 rings (SSSR count). The zero-order valence-corrected chi connectivity index (χ0v) is 13.2. The number of esters is 1. The van der Waals surface area contributed by atoms with E-state index in [4.69, 9.17) is 27.0 Å². The predicted molar refractivity (Wildman–Crippen MR) is 79.8 cm³/mol. The molecule has 0 aromatic rings. The molecule has 102 valence electrons. The van der Waals surface area contributed by atoms with Gasteiger partial charge in [-0.3, -0.25) is 4.79 Å². The van der Waals surface area contributed by atoms with Crippen molar-refractivity contribution in [2.45, 2.75) is 25.0 Å². The van der Waals surface area contributed by atoms with E-state index >= 15 is 0 Å². The first kappa shape index (κ1) is 17.7. The summed E-state index contributed by atoms with van der Waals surface area (Å²) in [4.78, 5) is 11.2. The summed E-state index contributed by atoms with van der Waals surface area (Å²) in [6.45, 7) is 4.30. The Kier molecular flexibility index (Phi) is 9.46. The number of hydrogen-bond acceptors (Lipinski definition) is 7. The number of hydrogen-bond donors (Lipinski definition) is 0. The first-order valence-electron chi connectivity index (χ1n) is 5.33. The van der Waals surface area contributed by atoms with Gasteiger partial charge in [-0.2, -0.15) is 5.26 Å². The molecule has 0 aliphatic rings. The monoisotopic (exact) mass is 307 g/mol. The van der Waals surface area contributed by atoms with E-state index in [-0.39, 0.29) is 12.6 Å². The third-order valence-electron chi connectivity index (χ3n) is 1.68. The molecule has 0 aromatic heterocycles. The molecule has 7 heteroatoms. The van der Waals surface area contributed by atoms with Gasteiger partial charge in [0.2, 0.25) is 0 Å². The minimum absolute atomic E-state index is 0.258. The summed E-state index contributed by atoms with van der Waals surface area (Å²) < 4.78 is 9.82. The molecule has 0 spiro atoms. The van der Waals surface area contributed by atoms with Crippen LogP contribution in [0.25, 0.3) is 0 Å². The van der Waals surface area contributed by atoms with E-state index in [0.29, 0.717) is 22.3 Å². The normalized spacial score (nSPS) is 10.8. The molecule has 18 heavy (non-hydrogen) atoms. The minimum atomic E-state index is -0.525. The summed E-state index contributed by atoms with van der Waals surface area (Å²) in [5.41, 5.74) is 0. The number of thioether (sulfide) groups is 2. The summed E-state index contributed by atoms with van der Waals surface area (Å²) >= 11 is 7.86. The van der Waals surface area contributed by atoms with Crippen LogP contribution in [0.2, 0.25) is 0 Å². The van der Waals surface area contributed by atoms with Crippen molar-refractivity contribution in [1.29, 1.82) is 5.26 Å². The molecule has 0 radical (unpaired) electrons. The topological polar surface area (TPSA) is 59.3 Å². The number of rotatable bonds is 7.